The smallest absolute Gasteiger partial charge is 0.253 e. The summed E-state index contributed by atoms with van der Waals surface area (Å²) in [6.45, 7) is 3.74. The number of rotatable bonds is 7. The van der Waals surface area contributed by atoms with Gasteiger partial charge in [0.1, 0.15) is 16.7 Å². The summed E-state index contributed by atoms with van der Waals surface area (Å²) in [7, 11) is 1.17. The lowest BCUT2D eigenvalue weighted by molar-refractivity contribution is -0.132. The van der Waals surface area contributed by atoms with Crippen molar-refractivity contribution >= 4 is 21.8 Å². The van der Waals surface area contributed by atoms with E-state index in [-0.39, 0.29) is 47.4 Å². The topological polar surface area (TPSA) is 107 Å². The van der Waals surface area contributed by atoms with Crippen molar-refractivity contribution < 1.29 is 27.9 Å². The maximum atomic E-state index is 13.7. The number of carbonyl (C=O) groups excluding carboxylic acids is 2. The Bertz CT molecular complexity index is 1290. The number of hydrogen-bond donors (Lipinski definition) is 1. The maximum Gasteiger partial charge on any atom is 0.253 e. The third-order valence-corrected chi connectivity index (χ3v) is 9.31. The molecule has 1 fully saturated rings. The molecule has 1 saturated carbocycles. The van der Waals surface area contributed by atoms with Gasteiger partial charge in [0.2, 0.25) is 15.9 Å². The van der Waals surface area contributed by atoms with Crippen molar-refractivity contribution in [3.05, 3.63) is 48.0 Å². The molecule has 0 aromatic heterocycles. The van der Waals surface area contributed by atoms with E-state index in [4.69, 9.17) is 4.74 Å². The second kappa shape index (κ2) is 11.0. The predicted molar refractivity (Wildman–Crippen MR) is 144 cm³/mol. The van der Waals surface area contributed by atoms with Gasteiger partial charge in [-0.15, -0.1) is 0 Å². The SMILES string of the molecule is C[C@@H]1CN([C@H](C)CO)S(=O)(=O)c2ccc(-c3ccc(C(=O)N(C)C)cc3)cc2O[C@H]1CN(C)C(=O)C1CC1. The Morgan fingerprint density at radius 2 is 1.71 bits per heavy atom. The van der Waals surface area contributed by atoms with Crippen LogP contribution in [0, 0.1) is 11.8 Å². The largest absolute Gasteiger partial charge is 0.487 e. The Hall–Kier alpha value is -2.95. The van der Waals surface area contributed by atoms with Crippen molar-refractivity contribution in [2.75, 3.05) is 40.8 Å². The van der Waals surface area contributed by atoms with E-state index in [9.17, 15) is 23.1 Å². The molecule has 2 aromatic carbocycles. The highest BCUT2D eigenvalue weighted by atomic mass is 32.2. The highest BCUT2D eigenvalue weighted by Gasteiger charge is 2.39. The normalized spacial score (nSPS) is 21.8. The molecule has 4 rings (SSSR count). The fourth-order valence-corrected chi connectivity index (χ4v) is 6.51. The standard InChI is InChI=1S/C28H37N3O6S/c1-18-15-31(19(2)17-32)38(35,36)26-13-12-23(20-6-8-21(9-7-20)27(33)29(3)4)14-24(26)37-25(18)16-30(5)28(34)22-10-11-22/h6-9,12-14,18-19,22,25,32H,10-11,15-17H2,1-5H3/t18-,19-,25+/m1/s1. The van der Waals surface area contributed by atoms with E-state index in [0.717, 1.165) is 24.0 Å². The minimum absolute atomic E-state index is 0.0222. The molecule has 0 unspecified atom stereocenters. The Morgan fingerprint density at radius 3 is 2.29 bits per heavy atom. The van der Waals surface area contributed by atoms with E-state index in [0.29, 0.717) is 12.1 Å². The molecule has 2 aromatic rings. The molecule has 38 heavy (non-hydrogen) atoms. The molecule has 1 aliphatic heterocycles. The van der Waals surface area contributed by atoms with Gasteiger partial charge >= 0.3 is 0 Å². The molecule has 0 bridgehead atoms. The van der Waals surface area contributed by atoms with Crippen LogP contribution in [0.3, 0.4) is 0 Å². The van der Waals surface area contributed by atoms with Crippen LogP contribution in [0.5, 0.6) is 5.75 Å². The molecule has 206 valence electrons. The number of amides is 2. The zero-order chi connectivity index (χ0) is 27.8. The Morgan fingerprint density at radius 1 is 1.08 bits per heavy atom. The van der Waals surface area contributed by atoms with E-state index in [1.165, 1.54) is 15.3 Å². The van der Waals surface area contributed by atoms with Gasteiger partial charge in [0.05, 0.1) is 13.2 Å². The van der Waals surface area contributed by atoms with Crippen LogP contribution in [-0.2, 0) is 14.8 Å². The lowest BCUT2D eigenvalue weighted by Crippen LogP contribution is -2.50. The van der Waals surface area contributed by atoms with Gasteiger partial charge in [0, 0.05) is 51.1 Å². The van der Waals surface area contributed by atoms with E-state index in [2.05, 4.69) is 0 Å². The van der Waals surface area contributed by atoms with Crippen LogP contribution in [0.25, 0.3) is 11.1 Å². The summed E-state index contributed by atoms with van der Waals surface area (Å²) in [5.74, 6) is -0.00556. The quantitative estimate of drug-likeness (QED) is 0.576. The van der Waals surface area contributed by atoms with Crippen molar-refractivity contribution in [3.63, 3.8) is 0 Å². The zero-order valence-electron chi connectivity index (χ0n) is 22.6. The number of hydrogen-bond acceptors (Lipinski definition) is 6. The highest BCUT2D eigenvalue weighted by molar-refractivity contribution is 7.89. The number of fused-ring (bicyclic) bond motifs is 1. The van der Waals surface area contributed by atoms with Gasteiger partial charge in [-0.3, -0.25) is 9.59 Å². The number of aliphatic hydroxyl groups excluding tert-OH is 1. The number of ether oxygens (including phenoxy) is 1. The minimum atomic E-state index is -3.97. The summed E-state index contributed by atoms with van der Waals surface area (Å²) in [6.07, 6.45) is 1.34. The van der Waals surface area contributed by atoms with Crippen LogP contribution >= 0.6 is 0 Å². The van der Waals surface area contributed by atoms with Crippen molar-refractivity contribution in [1.82, 2.24) is 14.1 Å². The third kappa shape index (κ3) is 5.72. The van der Waals surface area contributed by atoms with Gasteiger partial charge in [-0.25, -0.2) is 8.42 Å². The van der Waals surface area contributed by atoms with Gasteiger partial charge in [-0.2, -0.15) is 4.31 Å². The van der Waals surface area contributed by atoms with Crippen LogP contribution in [0.2, 0.25) is 0 Å². The van der Waals surface area contributed by atoms with Crippen LogP contribution in [0.1, 0.15) is 37.0 Å². The Balaban J connectivity index is 1.73. The van der Waals surface area contributed by atoms with Crippen LogP contribution in [0.4, 0.5) is 0 Å². The van der Waals surface area contributed by atoms with Gasteiger partial charge in [0.25, 0.3) is 5.91 Å². The highest BCUT2D eigenvalue weighted by Crippen LogP contribution is 2.37. The molecular weight excluding hydrogens is 506 g/mol. The lowest BCUT2D eigenvalue weighted by Gasteiger charge is -2.37. The second-order valence-electron chi connectivity index (χ2n) is 10.7. The van der Waals surface area contributed by atoms with Gasteiger partial charge in [-0.05, 0) is 55.2 Å². The first-order valence-electron chi connectivity index (χ1n) is 12.9. The fourth-order valence-electron chi connectivity index (χ4n) is 4.69. The van der Waals surface area contributed by atoms with Crippen molar-refractivity contribution in [2.45, 2.75) is 43.7 Å². The van der Waals surface area contributed by atoms with Crippen LogP contribution in [0.15, 0.2) is 47.4 Å². The first-order chi connectivity index (χ1) is 17.9. The molecule has 2 aliphatic rings. The number of benzene rings is 2. The van der Waals surface area contributed by atoms with Crippen LogP contribution < -0.4 is 4.74 Å². The molecular formula is C28H37N3O6S. The monoisotopic (exact) mass is 543 g/mol. The number of likely N-dealkylation sites (N-methyl/N-ethyl adjacent to an activating group) is 1. The minimum Gasteiger partial charge on any atom is -0.487 e. The van der Waals surface area contributed by atoms with Crippen molar-refractivity contribution in [1.29, 1.82) is 0 Å². The zero-order valence-corrected chi connectivity index (χ0v) is 23.4. The maximum absolute atomic E-state index is 13.7. The fraction of sp³-hybridized carbons (Fsp3) is 0.500. The van der Waals surface area contributed by atoms with Gasteiger partial charge < -0.3 is 19.6 Å². The van der Waals surface area contributed by atoms with Gasteiger partial charge in [-0.1, -0.05) is 25.1 Å². The molecule has 3 atom stereocenters. The number of nitrogens with zero attached hydrogens (tertiary/aromatic N) is 3. The lowest BCUT2D eigenvalue weighted by atomic mass is 10.0. The first kappa shape index (κ1) is 28.1. The van der Waals surface area contributed by atoms with E-state index in [1.54, 1.807) is 57.2 Å². The molecule has 1 heterocycles. The molecule has 10 heteroatoms. The second-order valence-corrected chi connectivity index (χ2v) is 12.5. The van der Waals surface area contributed by atoms with Crippen LogP contribution in [-0.4, -0.2) is 92.4 Å². The van der Waals surface area contributed by atoms with E-state index >= 15 is 0 Å². The third-order valence-electron chi connectivity index (χ3n) is 7.30. The Kier molecular flexibility index (Phi) is 8.15. The summed E-state index contributed by atoms with van der Waals surface area (Å²) in [4.78, 5) is 28.1. The molecule has 2 amide bonds. The summed E-state index contributed by atoms with van der Waals surface area (Å²) in [5, 5.41) is 9.84. The van der Waals surface area contributed by atoms with E-state index < -0.39 is 22.2 Å². The number of sulfonamides is 1. The molecule has 1 N–H and O–H groups in total. The Labute approximate surface area is 225 Å². The van der Waals surface area contributed by atoms with Crippen molar-refractivity contribution in [3.8, 4) is 16.9 Å². The summed E-state index contributed by atoms with van der Waals surface area (Å²) in [5.41, 5.74) is 2.09. The van der Waals surface area contributed by atoms with Gasteiger partial charge in [0.15, 0.2) is 0 Å². The number of carbonyl (C=O) groups is 2. The summed E-state index contributed by atoms with van der Waals surface area (Å²) >= 11 is 0. The molecule has 9 nitrogen and oxygen atoms in total. The number of aliphatic hydroxyl groups is 1. The molecule has 0 radical (unpaired) electrons. The molecule has 0 spiro atoms. The summed E-state index contributed by atoms with van der Waals surface area (Å²) < 4.78 is 35.2. The summed E-state index contributed by atoms with van der Waals surface area (Å²) in [6, 6.07) is 11.4. The molecule has 0 saturated heterocycles. The van der Waals surface area contributed by atoms with Crippen molar-refractivity contribution in [2.24, 2.45) is 11.8 Å². The molecule has 1 aliphatic carbocycles. The first-order valence-corrected chi connectivity index (χ1v) is 14.4. The van der Waals surface area contributed by atoms with E-state index in [1.807, 2.05) is 19.1 Å². The predicted octanol–water partition coefficient (Wildman–Crippen LogP) is 2.69. The average Bonchev–Trinajstić information content (AvgIpc) is 3.74. The average molecular weight is 544 g/mol.